The lowest BCUT2D eigenvalue weighted by molar-refractivity contribution is 1.11. The first-order valence-corrected chi connectivity index (χ1v) is 4.23. The maximum absolute atomic E-state index is 2.25. The van der Waals surface area contributed by atoms with Gasteiger partial charge in [0.15, 0.2) is 0 Å². The number of halogens is 3. The van der Waals surface area contributed by atoms with Crippen LogP contribution < -0.4 is 5.19 Å². The van der Waals surface area contributed by atoms with Crippen LogP contribution >= 0.6 is 0 Å². The fourth-order valence-electron chi connectivity index (χ4n) is 1.20. The van der Waals surface area contributed by atoms with Crippen molar-refractivity contribution < 1.29 is 14.1 Å². The predicted molar refractivity (Wildman–Crippen MR) is 53.0 cm³/mol. The Balaban J connectivity index is -0.000000270. The van der Waals surface area contributed by atoms with E-state index in [9.17, 15) is 0 Å². The van der Waals surface area contributed by atoms with Gasteiger partial charge in [-0.2, -0.15) is 0 Å². The van der Waals surface area contributed by atoms with E-state index in [-0.39, 0.29) is 14.1 Å². The van der Waals surface area contributed by atoms with E-state index in [1.807, 2.05) is 0 Å². The van der Waals surface area contributed by atoms with E-state index in [0.717, 1.165) is 0 Å². The van der Waals surface area contributed by atoms with Crippen LogP contribution in [0.1, 0.15) is 11.1 Å². The molecule has 0 aromatic heterocycles. The molecular formula is C8H15F3Si. The largest absolute Gasteiger partial charge is 0.269 e. The van der Waals surface area contributed by atoms with E-state index in [1.165, 1.54) is 26.6 Å². The molecule has 1 aromatic rings. The van der Waals surface area contributed by atoms with Gasteiger partial charge >= 0.3 is 0 Å². The first kappa shape index (κ1) is 17.3. The maximum atomic E-state index is 2.25. The average Bonchev–Trinajstić information content (AvgIpc) is 1.59. The van der Waals surface area contributed by atoms with Crippen LogP contribution in [0.25, 0.3) is 0 Å². The average molecular weight is 196 g/mol. The fourth-order valence-corrected chi connectivity index (χ4v) is 2.11. The Kier molecular flexibility index (Phi) is 9.99. The molecule has 0 fully saturated rings. The van der Waals surface area contributed by atoms with Crippen molar-refractivity contribution in [1.29, 1.82) is 0 Å². The quantitative estimate of drug-likeness (QED) is 0.537. The Labute approximate surface area is 73.5 Å². The van der Waals surface area contributed by atoms with Gasteiger partial charge in [0.25, 0.3) is 0 Å². The Morgan fingerprint density at radius 3 is 1.42 bits per heavy atom. The van der Waals surface area contributed by atoms with Crippen molar-refractivity contribution in [3.8, 4) is 0 Å². The van der Waals surface area contributed by atoms with Gasteiger partial charge in [-0.1, -0.05) is 34.5 Å². The monoisotopic (exact) mass is 196 g/mol. The molecule has 0 bridgehead atoms. The number of hydrogen-bond donors (Lipinski definition) is 0. The molecule has 0 aliphatic rings. The van der Waals surface area contributed by atoms with Gasteiger partial charge in [0.05, 0.1) is 0 Å². The summed E-state index contributed by atoms with van der Waals surface area (Å²) in [4.78, 5) is 0. The standard InChI is InChI=1S/C8H12Si.3FH/c1-6-3-7(2)5-8(9)4-6;;;/h3-5H,1-2,9H3;3*1H. The highest BCUT2D eigenvalue weighted by molar-refractivity contribution is 6.32. The second kappa shape index (κ2) is 6.91. The van der Waals surface area contributed by atoms with Gasteiger partial charge in [-0.25, -0.2) is 0 Å². The van der Waals surface area contributed by atoms with Crippen molar-refractivity contribution >= 4 is 15.4 Å². The van der Waals surface area contributed by atoms with E-state index < -0.39 is 0 Å². The summed E-state index contributed by atoms with van der Waals surface area (Å²) in [6.45, 7) is 4.29. The molecule has 12 heavy (non-hydrogen) atoms. The third-order valence-electron chi connectivity index (χ3n) is 1.37. The molecule has 1 aromatic carbocycles. The summed E-state index contributed by atoms with van der Waals surface area (Å²) in [5.74, 6) is 0. The molecule has 0 saturated heterocycles. The molecular weight excluding hydrogens is 181 g/mol. The highest BCUT2D eigenvalue weighted by Gasteiger charge is 1.87. The summed E-state index contributed by atoms with van der Waals surface area (Å²) >= 11 is 0. The minimum absolute atomic E-state index is 0. The number of rotatable bonds is 0. The van der Waals surface area contributed by atoms with Gasteiger partial charge in [-0.05, 0) is 13.8 Å². The third kappa shape index (κ3) is 4.95. The Morgan fingerprint density at radius 2 is 1.17 bits per heavy atom. The lowest BCUT2D eigenvalue weighted by atomic mass is 10.2. The van der Waals surface area contributed by atoms with E-state index in [4.69, 9.17) is 0 Å². The molecule has 0 heterocycles. The second-order valence-electron chi connectivity index (χ2n) is 2.67. The molecule has 4 heteroatoms. The SMILES string of the molecule is Cc1cc(C)cc([SiH3])c1.F.F.F. The lowest BCUT2D eigenvalue weighted by Gasteiger charge is -1.97. The molecule has 0 radical (unpaired) electrons. The summed E-state index contributed by atoms with van der Waals surface area (Å²) in [7, 11) is 1.17. The molecule has 0 atom stereocenters. The molecule has 0 spiro atoms. The van der Waals surface area contributed by atoms with Crippen LogP contribution in [0.2, 0.25) is 0 Å². The minimum Gasteiger partial charge on any atom is -0.269 e. The summed E-state index contributed by atoms with van der Waals surface area (Å²) in [6, 6.07) is 6.71. The molecule has 0 saturated carbocycles. The third-order valence-corrected chi connectivity index (χ3v) is 1.94. The second-order valence-corrected chi connectivity index (χ2v) is 3.82. The number of hydrogen-bond acceptors (Lipinski definition) is 0. The molecule has 0 N–H and O–H groups in total. The fraction of sp³-hybridized carbons (Fsp3) is 0.250. The molecule has 1 rings (SSSR count). The van der Waals surface area contributed by atoms with Crippen LogP contribution in [0.5, 0.6) is 0 Å². The van der Waals surface area contributed by atoms with Crippen molar-refractivity contribution in [2.24, 2.45) is 0 Å². The van der Waals surface area contributed by atoms with Crippen molar-refractivity contribution in [1.82, 2.24) is 0 Å². The van der Waals surface area contributed by atoms with Crippen LogP contribution in [-0.4, -0.2) is 10.2 Å². The Morgan fingerprint density at radius 1 is 0.833 bits per heavy atom. The van der Waals surface area contributed by atoms with Crippen LogP contribution in [-0.2, 0) is 0 Å². The van der Waals surface area contributed by atoms with E-state index >= 15 is 0 Å². The summed E-state index contributed by atoms with van der Waals surface area (Å²) in [5.41, 5.74) is 2.78. The first-order chi connectivity index (χ1) is 4.18. The minimum atomic E-state index is 0. The van der Waals surface area contributed by atoms with Crippen LogP contribution in [0.4, 0.5) is 14.1 Å². The van der Waals surface area contributed by atoms with Gasteiger partial charge in [-0.3, -0.25) is 14.1 Å². The predicted octanol–water partition coefficient (Wildman–Crippen LogP) is 0.752. The number of aryl methyl sites for hydroxylation is 2. The Bertz CT molecular complexity index is 175. The molecule has 72 valence electrons. The maximum Gasteiger partial charge on any atom is 0.0385 e. The van der Waals surface area contributed by atoms with Gasteiger partial charge in [0.2, 0.25) is 0 Å². The van der Waals surface area contributed by atoms with Crippen molar-refractivity contribution in [3.63, 3.8) is 0 Å². The van der Waals surface area contributed by atoms with Gasteiger partial charge in [0, 0.05) is 10.2 Å². The highest BCUT2D eigenvalue weighted by Crippen LogP contribution is 1.97. The normalized spacial score (nSPS) is 7.50. The van der Waals surface area contributed by atoms with Gasteiger partial charge < -0.3 is 0 Å². The molecule has 0 aliphatic carbocycles. The topological polar surface area (TPSA) is 0 Å². The lowest BCUT2D eigenvalue weighted by Crippen LogP contribution is -2.02. The van der Waals surface area contributed by atoms with Gasteiger partial charge in [0.1, 0.15) is 0 Å². The zero-order valence-corrected chi connectivity index (χ0v) is 9.46. The van der Waals surface area contributed by atoms with E-state index in [0.29, 0.717) is 0 Å². The molecule has 0 nitrogen and oxygen atoms in total. The van der Waals surface area contributed by atoms with Crippen molar-refractivity contribution in [3.05, 3.63) is 29.3 Å². The zero-order chi connectivity index (χ0) is 6.85. The van der Waals surface area contributed by atoms with E-state index in [2.05, 4.69) is 32.0 Å². The first-order valence-electron chi connectivity index (χ1n) is 3.23. The van der Waals surface area contributed by atoms with E-state index in [1.54, 1.807) is 0 Å². The molecule has 0 aliphatic heterocycles. The summed E-state index contributed by atoms with van der Waals surface area (Å²) < 4.78 is 0. The molecule has 0 unspecified atom stereocenters. The van der Waals surface area contributed by atoms with Gasteiger partial charge in [-0.15, -0.1) is 0 Å². The van der Waals surface area contributed by atoms with Crippen molar-refractivity contribution in [2.45, 2.75) is 13.8 Å². The highest BCUT2D eigenvalue weighted by atomic mass is 28.1. The van der Waals surface area contributed by atoms with Crippen LogP contribution in [0.3, 0.4) is 0 Å². The molecule has 0 amide bonds. The number of benzene rings is 1. The Hall–Kier alpha value is -0.773. The zero-order valence-electron chi connectivity index (χ0n) is 7.46. The van der Waals surface area contributed by atoms with Crippen molar-refractivity contribution in [2.75, 3.05) is 0 Å². The smallest absolute Gasteiger partial charge is 0.0385 e. The van der Waals surface area contributed by atoms with Crippen LogP contribution in [0, 0.1) is 13.8 Å². The summed E-state index contributed by atoms with van der Waals surface area (Å²) in [5, 5.41) is 1.49. The summed E-state index contributed by atoms with van der Waals surface area (Å²) in [6.07, 6.45) is 0. The van der Waals surface area contributed by atoms with Crippen LogP contribution in [0.15, 0.2) is 18.2 Å².